The van der Waals surface area contributed by atoms with Crippen molar-refractivity contribution in [3.63, 3.8) is 0 Å². The van der Waals surface area contributed by atoms with Gasteiger partial charge in [0, 0.05) is 17.2 Å². The number of carbonyl (C=O) groups excluding carboxylic acids is 1. The van der Waals surface area contributed by atoms with Crippen LogP contribution in [-0.4, -0.2) is 15.9 Å². The summed E-state index contributed by atoms with van der Waals surface area (Å²) in [7, 11) is 0. The van der Waals surface area contributed by atoms with Crippen molar-refractivity contribution < 1.29 is 14.8 Å². The number of benzene rings is 2. The first-order valence-corrected chi connectivity index (χ1v) is 6.38. The van der Waals surface area contributed by atoms with Gasteiger partial charge in [-0.05, 0) is 24.3 Å². The molecule has 0 saturated heterocycles. The van der Waals surface area contributed by atoms with Crippen molar-refractivity contribution in [2.75, 3.05) is 5.32 Å². The number of non-ortho nitro benzene ring substituents is 1. The molecule has 0 aliphatic rings. The molecule has 0 heterocycles. The number of nitro benzene ring substituents is 1. The highest BCUT2D eigenvalue weighted by Gasteiger charge is 2.15. The van der Waals surface area contributed by atoms with Crippen LogP contribution in [0.2, 0.25) is 10.0 Å². The van der Waals surface area contributed by atoms with E-state index in [0.717, 1.165) is 6.07 Å². The molecule has 0 unspecified atom stereocenters. The number of nitrogens with one attached hydrogen (secondary N) is 1. The number of amides is 1. The number of phenols is 1. The number of anilines is 1. The van der Waals surface area contributed by atoms with Crippen LogP contribution in [0.1, 0.15) is 10.4 Å². The van der Waals surface area contributed by atoms with Crippen molar-refractivity contribution in [2.45, 2.75) is 0 Å². The minimum Gasteiger partial charge on any atom is -0.507 e. The normalized spacial score (nSPS) is 10.2. The van der Waals surface area contributed by atoms with Gasteiger partial charge in [0.2, 0.25) is 0 Å². The van der Waals surface area contributed by atoms with Crippen LogP contribution in [0.15, 0.2) is 36.4 Å². The lowest BCUT2D eigenvalue weighted by Gasteiger charge is -2.08. The average Bonchev–Trinajstić information content (AvgIpc) is 2.43. The molecule has 2 aromatic rings. The third-order valence-electron chi connectivity index (χ3n) is 2.61. The zero-order valence-electron chi connectivity index (χ0n) is 10.3. The molecule has 0 fully saturated rings. The quantitative estimate of drug-likeness (QED) is 0.659. The highest BCUT2D eigenvalue weighted by atomic mass is 35.5. The molecular weight excluding hydrogens is 325 g/mol. The summed E-state index contributed by atoms with van der Waals surface area (Å²) in [5.74, 6) is -0.874. The van der Waals surface area contributed by atoms with Gasteiger partial charge >= 0.3 is 0 Å². The number of nitrogens with zero attached hydrogens (tertiary/aromatic N) is 1. The molecule has 8 heteroatoms. The summed E-state index contributed by atoms with van der Waals surface area (Å²) in [4.78, 5) is 22.0. The van der Waals surface area contributed by atoms with Crippen LogP contribution < -0.4 is 5.32 Å². The van der Waals surface area contributed by atoms with E-state index in [4.69, 9.17) is 23.2 Å². The fourth-order valence-electron chi connectivity index (χ4n) is 1.60. The first kappa shape index (κ1) is 15.1. The Morgan fingerprint density at radius 3 is 2.52 bits per heavy atom. The molecule has 2 N–H and O–H groups in total. The lowest BCUT2D eigenvalue weighted by molar-refractivity contribution is -0.384. The van der Waals surface area contributed by atoms with Gasteiger partial charge in [-0.3, -0.25) is 14.9 Å². The molecule has 21 heavy (non-hydrogen) atoms. The fraction of sp³-hybridized carbons (Fsp3) is 0. The summed E-state index contributed by atoms with van der Waals surface area (Å²) in [5.41, 5.74) is -0.0350. The number of halogens is 2. The highest BCUT2D eigenvalue weighted by molar-refractivity contribution is 6.34. The van der Waals surface area contributed by atoms with E-state index in [1.807, 2.05) is 0 Å². The summed E-state index contributed by atoms with van der Waals surface area (Å²) in [6, 6.07) is 7.65. The molecule has 0 aromatic heterocycles. The summed E-state index contributed by atoms with van der Waals surface area (Å²) < 4.78 is 0. The van der Waals surface area contributed by atoms with Crippen LogP contribution >= 0.6 is 23.2 Å². The number of hydrogen-bond donors (Lipinski definition) is 2. The Morgan fingerprint density at radius 2 is 1.90 bits per heavy atom. The molecule has 0 aliphatic heterocycles. The number of aromatic hydroxyl groups is 1. The molecule has 0 atom stereocenters. The second-order valence-corrected chi connectivity index (χ2v) is 4.88. The van der Waals surface area contributed by atoms with E-state index in [1.54, 1.807) is 0 Å². The maximum absolute atomic E-state index is 12.0. The Balaban J connectivity index is 2.27. The Labute approximate surface area is 129 Å². The molecular formula is C13H8Cl2N2O4. The Kier molecular flexibility index (Phi) is 4.30. The lowest BCUT2D eigenvalue weighted by Crippen LogP contribution is -2.12. The van der Waals surface area contributed by atoms with E-state index < -0.39 is 10.8 Å². The molecule has 108 valence electrons. The molecule has 0 spiro atoms. The second-order valence-electron chi connectivity index (χ2n) is 4.04. The number of hydrogen-bond acceptors (Lipinski definition) is 4. The average molecular weight is 333 g/mol. The van der Waals surface area contributed by atoms with Gasteiger partial charge in [-0.15, -0.1) is 0 Å². The smallest absolute Gasteiger partial charge is 0.271 e. The van der Waals surface area contributed by atoms with Gasteiger partial charge in [-0.25, -0.2) is 0 Å². The molecule has 2 rings (SSSR count). The zero-order chi connectivity index (χ0) is 15.6. The number of phenolic OH excluding ortho intramolecular Hbond substituents is 1. The van der Waals surface area contributed by atoms with Crippen molar-refractivity contribution in [3.05, 3.63) is 62.1 Å². The second kappa shape index (κ2) is 5.99. The third kappa shape index (κ3) is 3.42. The van der Waals surface area contributed by atoms with Crippen molar-refractivity contribution in [1.29, 1.82) is 0 Å². The molecule has 1 amide bonds. The summed E-state index contributed by atoms with van der Waals surface area (Å²) in [6.45, 7) is 0. The largest absolute Gasteiger partial charge is 0.507 e. The first-order chi connectivity index (χ1) is 9.88. The van der Waals surface area contributed by atoms with Crippen LogP contribution in [0, 0.1) is 10.1 Å². The summed E-state index contributed by atoms with van der Waals surface area (Å²) >= 11 is 11.6. The summed E-state index contributed by atoms with van der Waals surface area (Å²) in [6.07, 6.45) is 0. The van der Waals surface area contributed by atoms with Gasteiger partial charge in [-0.2, -0.15) is 0 Å². The Bertz CT molecular complexity index is 734. The Hall–Kier alpha value is -2.31. The zero-order valence-corrected chi connectivity index (χ0v) is 11.9. The minimum atomic E-state index is -0.634. The molecule has 2 aromatic carbocycles. The van der Waals surface area contributed by atoms with E-state index in [2.05, 4.69) is 5.32 Å². The monoisotopic (exact) mass is 332 g/mol. The van der Waals surface area contributed by atoms with Gasteiger partial charge < -0.3 is 10.4 Å². The molecule has 0 bridgehead atoms. The van der Waals surface area contributed by atoms with Crippen LogP contribution in [-0.2, 0) is 0 Å². The first-order valence-electron chi connectivity index (χ1n) is 5.62. The fourth-order valence-corrected chi connectivity index (χ4v) is 1.99. The van der Waals surface area contributed by atoms with E-state index in [9.17, 15) is 20.0 Å². The summed E-state index contributed by atoms with van der Waals surface area (Å²) in [5, 5.41) is 23.0. The maximum Gasteiger partial charge on any atom is 0.271 e. The van der Waals surface area contributed by atoms with E-state index in [0.29, 0.717) is 0 Å². The number of rotatable bonds is 3. The van der Waals surface area contributed by atoms with Crippen molar-refractivity contribution in [1.82, 2.24) is 0 Å². The van der Waals surface area contributed by atoms with Crippen LogP contribution in [0.5, 0.6) is 5.75 Å². The van der Waals surface area contributed by atoms with Gasteiger partial charge in [0.1, 0.15) is 5.75 Å². The van der Waals surface area contributed by atoms with Crippen LogP contribution in [0.4, 0.5) is 11.4 Å². The van der Waals surface area contributed by atoms with Gasteiger partial charge in [0.15, 0.2) is 0 Å². The lowest BCUT2D eigenvalue weighted by atomic mass is 10.3. The number of carbonyl (C=O) groups is 1. The predicted octanol–water partition coefficient (Wildman–Crippen LogP) is 3.86. The van der Waals surface area contributed by atoms with Gasteiger partial charge in [-0.1, -0.05) is 23.2 Å². The van der Waals surface area contributed by atoms with E-state index in [-0.39, 0.29) is 32.7 Å². The minimum absolute atomic E-state index is 0.0130. The SMILES string of the molecule is O=C(Nc1ccc([N+](=O)[O-])cc1Cl)[13c]1[13cH][13c](Cl)[13cH][13cH][13c]1O. The van der Waals surface area contributed by atoms with E-state index in [1.165, 1.54) is 30.3 Å². The van der Waals surface area contributed by atoms with Gasteiger partial charge in [0.05, 0.1) is 21.2 Å². The van der Waals surface area contributed by atoms with Crippen LogP contribution in [0.3, 0.4) is 0 Å². The van der Waals surface area contributed by atoms with Gasteiger partial charge in [0.25, 0.3) is 11.6 Å². The maximum atomic E-state index is 12.0. The molecule has 0 radical (unpaired) electrons. The molecule has 0 saturated carbocycles. The molecule has 6 nitrogen and oxygen atoms in total. The van der Waals surface area contributed by atoms with Crippen LogP contribution in [0.25, 0.3) is 0 Å². The van der Waals surface area contributed by atoms with Crippen molar-refractivity contribution >= 4 is 40.5 Å². The third-order valence-corrected chi connectivity index (χ3v) is 3.16. The molecule has 0 aliphatic carbocycles. The Morgan fingerprint density at radius 1 is 1.19 bits per heavy atom. The predicted molar refractivity (Wildman–Crippen MR) is 79.2 cm³/mol. The van der Waals surface area contributed by atoms with Crippen molar-refractivity contribution in [2.24, 2.45) is 0 Å². The van der Waals surface area contributed by atoms with E-state index >= 15 is 0 Å². The van der Waals surface area contributed by atoms with Crippen molar-refractivity contribution in [3.8, 4) is 5.75 Å². The number of nitro groups is 1. The standard InChI is InChI=1S/C13H8Cl2N2O4/c14-7-1-4-12(18)9(5-7)13(19)16-11-3-2-8(17(20)21)6-10(11)15/h1-6,18H,(H,16,19)/i1+1,4+1,5+1,7+1,9+1,12+1. The topological polar surface area (TPSA) is 92.5 Å². The highest BCUT2D eigenvalue weighted by Crippen LogP contribution is 2.28.